The fraction of sp³-hybridized carbons (Fsp3) is 0.263. The van der Waals surface area contributed by atoms with Crippen molar-refractivity contribution in [1.82, 2.24) is 5.32 Å². The van der Waals surface area contributed by atoms with Crippen molar-refractivity contribution in [3.05, 3.63) is 69.3 Å². The summed E-state index contributed by atoms with van der Waals surface area (Å²) in [7, 11) is 0. The Hall–Kier alpha value is -3.46. The molecule has 2 aromatic rings. The molecule has 3 rings (SSSR count). The van der Waals surface area contributed by atoms with E-state index in [2.05, 4.69) is 10.2 Å². The minimum Gasteiger partial charge on any atom is -0.478 e. The van der Waals surface area contributed by atoms with Gasteiger partial charge in [0, 0.05) is 44.0 Å². The number of rotatable bonds is 4. The van der Waals surface area contributed by atoms with Crippen LogP contribution in [0, 0.1) is 17.0 Å². The Morgan fingerprint density at radius 2 is 1.75 bits per heavy atom. The zero-order valence-corrected chi connectivity index (χ0v) is 15.3. The maximum atomic E-state index is 10.6. The monoisotopic (exact) mass is 387 g/mol. The summed E-state index contributed by atoms with van der Waals surface area (Å²) in [6, 6.07) is 10.8. The summed E-state index contributed by atoms with van der Waals surface area (Å²) in [5, 5.41) is 31.1. The van der Waals surface area contributed by atoms with Crippen LogP contribution < -0.4 is 10.2 Å². The number of piperazine rings is 1. The van der Waals surface area contributed by atoms with E-state index in [1.54, 1.807) is 19.1 Å². The highest BCUT2D eigenvalue weighted by Gasteiger charge is 2.13. The smallest absolute Gasteiger partial charge is 0.335 e. The third-order valence-electron chi connectivity index (χ3n) is 4.24. The van der Waals surface area contributed by atoms with E-state index in [0.29, 0.717) is 5.56 Å². The second-order valence-electron chi connectivity index (χ2n) is 6.15. The Morgan fingerprint density at radius 1 is 1.07 bits per heavy atom. The number of aryl methyl sites for hydroxylation is 1. The third-order valence-corrected chi connectivity index (χ3v) is 4.24. The van der Waals surface area contributed by atoms with E-state index in [1.165, 1.54) is 18.2 Å². The Balaban J connectivity index is 0.000000203. The second-order valence-corrected chi connectivity index (χ2v) is 6.15. The van der Waals surface area contributed by atoms with Gasteiger partial charge in [-0.25, -0.2) is 9.59 Å². The van der Waals surface area contributed by atoms with E-state index in [1.807, 2.05) is 6.07 Å². The summed E-state index contributed by atoms with van der Waals surface area (Å²) < 4.78 is 0. The first kappa shape index (κ1) is 20.8. The minimum absolute atomic E-state index is 0.0111. The number of non-ortho nitro benzene ring substituents is 1. The van der Waals surface area contributed by atoms with E-state index in [9.17, 15) is 19.7 Å². The van der Waals surface area contributed by atoms with Crippen molar-refractivity contribution in [1.29, 1.82) is 0 Å². The lowest BCUT2D eigenvalue weighted by molar-refractivity contribution is -0.384. The van der Waals surface area contributed by atoms with Crippen LogP contribution >= 0.6 is 0 Å². The van der Waals surface area contributed by atoms with Gasteiger partial charge in [-0.05, 0) is 30.7 Å². The number of carboxylic acid groups (broad SMARTS) is 2. The number of aromatic carboxylic acids is 2. The van der Waals surface area contributed by atoms with E-state index < -0.39 is 11.9 Å². The average molecular weight is 387 g/mol. The van der Waals surface area contributed by atoms with Crippen molar-refractivity contribution in [2.75, 3.05) is 31.1 Å². The molecule has 1 aliphatic heterocycles. The number of carbonyl (C=O) groups is 2. The van der Waals surface area contributed by atoms with E-state index in [4.69, 9.17) is 10.2 Å². The molecule has 0 atom stereocenters. The molecule has 148 valence electrons. The van der Waals surface area contributed by atoms with Gasteiger partial charge in [0.2, 0.25) is 0 Å². The van der Waals surface area contributed by atoms with Crippen LogP contribution in [0.2, 0.25) is 0 Å². The number of nitrogens with zero attached hydrogens (tertiary/aromatic N) is 2. The molecule has 2 aromatic carbocycles. The Labute approximate surface area is 161 Å². The van der Waals surface area contributed by atoms with Crippen molar-refractivity contribution >= 4 is 23.3 Å². The Morgan fingerprint density at radius 3 is 2.32 bits per heavy atom. The first-order valence-corrected chi connectivity index (χ1v) is 8.57. The highest BCUT2D eigenvalue weighted by Crippen LogP contribution is 2.21. The normalized spacial score (nSPS) is 13.2. The maximum Gasteiger partial charge on any atom is 0.335 e. The van der Waals surface area contributed by atoms with Crippen molar-refractivity contribution in [3.63, 3.8) is 0 Å². The van der Waals surface area contributed by atoms with Crippen LogP contribution in [0.15, 0.2) is 42.5 Å². The van der Waals surface area contributed by atoms with Gasteiger partial charge in [-0.1, -0.05) is 12.1 Å². The van der Waals surface area contributed by atoms with E-state index in [0.717, 1.165) is 37.9 Å². The fourth-order valence-electron chi connectivity index (χ4n) is 2.71. The summed E-state index contributed by atoms with van der Waals surface area (Å²) in [6.45, 7) is 5.29. The van der Waals surface area contributed by atoms with Crippen LogP contribution in [0.4, 0.5) is 11.4 Å². The number of hydrogen-bond donors (Lipinski definition) is 3. The highest BCUT2D eigenvalue weighted by atomic mass is 16.6. The summed E-state index contributed by atoms with van der Waals surface area (Å²) in [6.07, 6.45) is 0. The summed E-state index contributed by atoms with van der Waals surface area (Å²) in [5.74, 6) is -2.23. The van der Waals surface area contributed by atoms with Gasteiger partial charge in [-0.2, -0.15) is 0 Å². The fourth-order valence-corrected chi connectivity index (χ4v) is 2.71. The van der Waals surface area contributed by atoms with Crippen molar-refractivity contribution in [2.24, 2.45) is 0 Å². The van der Waals surface area contributed by atoms with Crippen molar-refractivity contribution in [3.8, 4) is 0 Å². The molecule has 1 saturated heterocycles. The Kier molecular flexibility index (Phi) is 7.05. The second kappa shape index (κ2) is 9.47. The van der Waals surface area contributed by atoms with Gasteiger partial charge in [0.25, 0.3) is 5.69 Å². The molecule has 9 heteroatoms. The molecule has 0 radical (unpaired) electrons. The van der Waals surface area contributed by atoms with Gasteiger partial charge in [-0.15, -0.1) is 0 Å². The lowest BCUT2D eigenvalue weighted by Crippen LogP contribution is -2.43. The molecular formula is C19H21N3O6. The molecule has 3 N–H and O–H groups in total. The molecule has 28 heavy (non-hydrogen) atoms. The summed E-state index contributed by atoms with van der Waals surface area (Å²) in [5.41, 5.74) is 1.66. The maximum absolute atomic E-state index is 10.6. The van der Waals surface area contributed by atoms with E-state index >= 15 is 0 Å². The quantitative estimate of drug-likeness (QED) is 0.538. The van der Waals surface area contributed by atoms with Crippen LogP contribution in [0.3, 0.4) is 0 Å². The number of nitro groups is 1. The number of anilines is 1. The van der Waals surface area contributed by atoms with Crippen LogP contribution in [-0.4, -0.2) is 53.3 Å². The predicted molar refractivity (Wildman–Crippen MR) is 103 cm³/mol. The molecular weight excluding hydrogens is 366 g/mol. The number of nitro benzene ring substituents is 1. The molecule has 9 nitrogen and oxygen atoms in total. The molecule has 1 fully saturated rings. The zero-order chi connectivity index (χ0) is 20.7. The standard InChI is InChI=1S/C10H13N3O2.C9H8O4/c14-13(15)10-3-1-2-9(8-10)12-6-4-11-5-7-12;1-5-2-3-6(8(10)11)4-7(5)9(12)13/h1-3,8,11H,4-7H2;2-4H,1H3,(H,10,11)(H,12,13). The highest BCUT2D eigenvalue weighted by molar-refractivity contribution is 5.94. The average Bonchev–Trinajstić information content (AvgIpc) is 2.69. The van der Waals surface area contributed by atoms with Gasteiger partial charge < -0.3 is 20.4 Å². The van der Waals surface area contributed by atoms with E-state index in [-0.39, 0.29) is 21.7 Å². The summed E-state index contributed by atoms with van der Waals surface area (Å²) >= 11 is 0. The topological polar surface area (TPSA) is 133 Å². The minimum atomic E-state index is -1.12. The van der Waals surface area contributed by atoms with Gasteiger partial charge >= 0.3 is 11.9 Å². The molecule has 0 saturated carbocycles. The largest absolute Gasteiger partial charge is 0.478 e. The lowest BCUT2D eigenvalue weighted by atomic mass is 10.1. The first-order chi connectivity index (χ1) is 13.3. The van der Waals surface area contributed by atoms with Crippen LogP contribution in [-0.2, 0) is 0 Å². The molecule has 0 spiro atoms. The molecule has 0 unspecified atom stereocenters. The number of nitrogens with one attached hydrogen (secondary N) is 1. The van der Waals surface area contributed by atoms with Gasteiger partial charge in [0.15, 0.2) is 0 Å². The molecule has 0 aromatic heterocycles. The molecule has 1 heterocycles. The van der Waals surface area contributed by atoms with Crippen LogP contribution in [0.5, 0.6) is 0 Å². The molecule has 0 bridgehead atoms. The first-order valence-electron chi connectivity index (χ1n) is 8.57. The summed E-state index contributed by atoms with van der Waals surface area (Å²) in [4.78, 5) is 33.5. The zero-order valence-electron chi connectivity index (χ0n) is 15.3. The molecule has 1 aliphatic rings. The van der Waals surface area contributed by atoms with Crippen molar-refractivity contribution < 1.29 is 24.7 Å². The number of hydrogen-bond acceptors (Lipinski definition) is 6. The van der Waals surface area contributed by atoms with Crippen LogP contribution in [0.1, 0.15) is 26.3 Å². The number of benzene rings is 2. The predicted octanol–water partition coefficient (Wildman–Crippen LogP) is 2.40. The molecule has 0 aliphatic carbocycles. The Bertz CT molecular complexity index is 878. The molecule has 0 amide bonds. The SMILES string of the molecule is Cc1ccc(C(=O)O)cc1C(=O)O.O=[N+]([O-])c1cccc(N2CCNCC2)c1. The van der Waals surface area contributed by atoms with Gasteiger partial charge in [-0.3, -0.25) is 10.1 Å². The number of carboxylic acids is 2. The third kappa shape index (κ3) is 5.52. The van der Waals surface area contributed by atoms with Crippen LogP contribution in [0.25, 0.3) is 0 Å². The van der Waals surface area contributed by atoms with Gasteiger partial charge in [0.1, 0.15) is 0 Å². The van der Waals surface area contributed by atoms with Gasteiger partial charge in [0.05, 0.1) is 16.1 Å². The lowest BCUT2D eigenvalue weighted by Gasteiger charge is -2.29. The van der Waals surface area contributed by atoms with Crippen molar-refractivity contribution in [2.45, 2.75) is 6.92 Å².